The summed E-state index contributed by atoms with van der Waals surface area (Å²) in [6, 6.07) is 0. The lowest BCUT2D eigenvalue weighted by Gasteiger charge is -2.28. The fraction of sp³-hybridized carbons (Fsp3) is 0.636. The third-order valence-corrected chi connectivity index (χ3v) is 2.56. The summed E-state index contributed by atoms with van der Waals surface area (Å²) in [7, 11) is 2.92. The lowest BCUT2D eigenvalue weighted by molar-refractivity contribution is 0.0595. The summed E-state index contributed by atoms with van der Waals surface area (Å²) in [5, 5.41) is 0. The lowest BCUT2D eigenvalue weighted by Crippen LogP contribution is -2.33. The van der Waals surface area contributed by atoms with Crippen LogP contribution in [-0.4, -0.2) is 36.3 Å². The van der Waals surface area contributed by atoms with Crippen LogP contribution in [-0.2, 0) is 15.0 Å². The first kappa shape index (κ1) is 13.5. The number of nitrogens with two attached hydrogens (primary N) is 1. The van der Waals surface area contributed by atoms with E-state index in [0.29, 0.717) is 18.2 Å². The molecular weight excluding hydrogens is 222 g/mol. The normalized spacial score (nSPS) is 11.6. The summed E-state index contributed by atoms with van der Waals surface area (Å²) in [6.07, 6.45) is 0. The van der Waals surface area contributed by atoms with Crippen LogP contribution >= 0.6 is 0 Å². The Hall–Kier alpha value is -1.56. The van der Waals surface area contributed by atoms with Crippen molar-refractivity contribution in [3.05, 3.63) is 11.5 Å². The molecule has 1 aromatic heterocycles. The van der Waals surface area contributed by atoms with Crippen molar-refractivity contribution in [1.29, 1.82) is 0 Å². The fourth-order valence-corrected chi connectivity index (χ4v) is 1.98. The molecule has 0 radical (unpaired) electrons. The summed E-state index contributed by atoms with van der Waals surface area (Å²) in [5.41, 5.74) is 5.72. The fourth-order valence-electron chi connectivity index (χ4n) is 1.98. The lowest BCUT2D eigenvalue weighted by atomic mass is 10.1. The van der Waals surface area contributed by atoms with E-state index < -0.39 is 5.97 Å². The first-order valence-electron chi connectivity index (χ1n) is 5.27. The molecule has 0 saturated heterocycles. The molecule has 17 heavy (non-hydrogen) atoms. The van der Waals surface area contributed by atoms with E-state index >= 15 is 0 Å². The monoisotopic (exact) mass is 241 g/mol. The third kappa shape index (κ3) is 2.41. The number of aromatic nitrogens is 2. The van der Waals surface area contributed by atoms with Gasteiger partial charge in [0.05, 0.1) is 19.3 Å². The Labute approximate surface area is 101 Å². The predicted octanol–water partition coefficient (Wildman–Crippen LogP) is 0.942. The number of rotatable bonds is 4. The maximum atomic E-state index is 11.5. The molecule has 1 rings (SSSR count). The van der Waals surface area contributed by atoms with Crippen LogP contribution in [0.25, 0.3) is 0 Å². The number of aryl methyl sites for hydroxylation is 1. The van der Waals surface area contributed by atoms with Crippen LogP contribution in [0.2, 0.25) is 0 Å². The van der Waals surface area contributed by atoms with Gasteiger partial charge in [-0.05, 0) is 20.8 Å². The van der Waals surface area contributed by atoms with E-state index in [1.807, 2.05) is 13.8 Å². The summed E-state index contributed by atoms with van der Waals surface area (Å²) < 4.78 is 11.6. The van der Waals surface area contributed by atoms with Gasteiger partial charge in [0.15, 0.2) is 5.69 Å². The summed E-state index contributed by atoms with van der Waals surface area (Å²) >= 11 is 0. The van der Waals surface area contributed by atoms with E-state index in [4.69, 9.17) is 10.5 Å². The highest BCUT2D eigenvalue weighted by Crippen LogP contribution is 2.25. The molecule has 0 spiro atoms. The minimum atomic E-state index is -0.530. The Bertz CT molecular complexity index is 424. The van der Waals surface area contributed by atoms with Crippen LogP contribution in [0.3, 0.4) is 0 Å². The molecule has 0 fully saturated rings. The van der Waals surface area contributed by atoms with Gasteiger partial charge in [-0.1, -0.05) is 0 Å². The van der Waals surface area contributed by atoms with Crippen LogP contribution < -0.4 is 5.73 Å². The van der Waals surface area contributed by atoms with Gasteiger partial charge in [0.1, 0.15) is 11.6 Å². The smallest absolute Gasteiger partial charge is 0.360 e. The molecule has 96 valence electrons. The largest absolute Gasteiger partial charge is 0.464 e. The summed E-state index contributed by atoms with van der Waals surface area (Å²) in [4.78, 5) is 15.6. The molecule has 0 aliphatic heterocycles. The van der Waals surface area contributed by atoms with Crippen molar-refractivity contribution in [3.63, 3.8) is 0 Å². The number of carbonyl (C=O) groups excluding carboxylic acids is 1. The quantitative estimate of drug-likeness (QED) is 0.794. The highest BCUT2D eigenvalue weighted by Gasteiger charge is 2.28. The zero-order chi connectivity index (χ0) is 13.2. The van der Waals surface area contributed by atoms with E-state index in [-0.39, 0.29) is 11.2 Å². The molecule has 0 aliphatic rings. The van der Waals surface area contributed by atoms with E-state index in [1.54, 1.807) is 18.6 Å². The van der Waals surface area contributed by atoms with Crippen LogP contribution in [0.15, 0.2) is 0 Å². The van der Waals surface area contributed by atoms with Crippen LogP contribution in [0.4, 0.5) is 5.82 Å². The number of methoxy groups -OCH3 is 2. The number of esters is 1. The van der Waals surface area contributed by atoms with Gasteiger partial charge in [-0.3, -0.25) is 0 Å². The van der Waals surface area contributed by atoms with Crippen molar-refractivity contribution in [3.8, 4) is 0 Å². The average Bonchev–Trinajstić information content (AvgIpc) is 2.53. The predicted molar refractivity (Wildman–Crippen MR) is 63.9 cm³/mol. The van der Waals surface area contributed by atoms with Crippen molar-refractivity contribution < 1.29 is 14.3 Å². The van der Waals surface area contributed by atoms with Crippen molar-refractivity contribution in [2.75, 3.05) is 26.6 Å². The summed E-state index contributed by atoms with van der Waals surface area (Å²) in [6.45, 7) is 6.18. The minimum absolute atomic E-state index is 0.147. The van der Waals surface area contributed by atoms with Crippen LogP contribution in [0.5, 0.6) is 0 Å². The Kier molecular flexibility index (Phi) is 3.77. The van der Waals surface area contributed by atoms with Gasteiger partial charge in [-0.25, -0.2) is 9.78 Å². The Morgan fingerprint density at radius 2 is 2.06 bits per heavy atom. The molecule has 0 aromatic carbocycles. The molecular formula is C11H19N3O3. The topological polar surface area (TPSA) is 79.4 Å². The molecule has 6 heteroatoms. The van der Waals surface area contributed by atoms with E-state index in [9.17, 15) is 4.79 Å². The maximum Gasteiger partial charge on any atom is 0.360 e. The van der Waals surface area contributed by atoms with Gasteiger partial charge in [0, 0.05) is 7.11 Å². The molecule has 1 aromatic rings. The molecule has 0 aliphatic carbocycles. The van der Waals surface area contributed by atoms with Crippen molar-refractivity contribution in [2.45, 2.75) is 26.3 Å². The second-order valence-electron chi connectivity index (χ2n) is 4.47. The molecule has 2 N–H and O–H groups in total. The number of anilines is 1. The van der Waals surface area contributed by atoms with Gasteiger partial charge < -0.3 is 19.8 Å². The SMILES string of the molecule is COCC(C)(C)n1c(C)nc(C(=O)OC)c1N. The standard InChI is InChI=1S/C11H19N3O3/c1-7-13-8(10(15)17-5)9(12)14(7)11(2,3)6-16-4/h6,12H2,1-5H3. The number of imidazole rings is 1. The number of hydrogen-bond acceptors (Lipinski definition) is 5. The summed E-state index contributed by atoms with van der Waals surface area (Å²) in [5.74, 6) is 0.430. The van der Waals surface area contributed by atoms with Gasteiger partial charge in [-0.2, -0.15) is 0 Å². The van der Waals surface area contributed by atoms with E-state index in [1.165, 1.54) is 7.11 Å². The van der Waals surface area contributed by atoms with E-state index in [0.717, 1.165) is 0 Å². The van der Waals surface area contributed by atoms with Crippen molar-refractivity contribution in [1.82, 2.24) is 9.55 Å². The zero-order valence-electron chi connectivity index (χ0n) is 10.9. The second-order valence-corrected chi connectivity index (χ2v) is 4.47. The maximum absolute atomic E-state index is 11.5. The van der Waals surface area contributed by atoms with Gasteiger partial charge in [0.2, 0.25) is 0 Å². The molecule has 1 heterocycles. The number of nitrogen functional groups attached to an aromatic ring is 1. The second kappa shape index (κ2) is 4.75. The average molecular weight is 241 g/mol. The van der Waals surface area contributed by atoms with E-state index in [2.05, 4.69) is 9.72 Å². The molecule has 0 unspecified atom stereocenters. The first-order chi connectivity index (χ1) is 7.85. The van der Waals surface area contributed by atoms with Gasteiger partial charge in [0.25, 0.3) is 0 Å². The number of carbonyl (C=O) groups is 1. The molecule has 0 saturated carbocycles. The Balaban J connectivity index is 3.27. The Morgan fingerprint density at radius 1 is 1.47 bits per heavy atom. The third-order valence-electron chi connectivity index (χ3n) is 2.56. The number of hydrogen-bond donors (Lipinski definition) is 1. The van der Waals surface area contributed by atoms with Gasteiger partial charge in [-0.15, -0.1) is 0 Å². The minimum Gasteiger partial charge on any atom is -0.464 e. The zero-order valence-corrected chi connectivity index (χ0v) is 10.9. The van der Waals surface area contributed by atoms with Crippen molar-refractivity contribution >= 4 is 11.8 Å². The Morgan fingerprint density at radius 3 is 2.53 bits per heavy atom. The first-order valence-corrected chi connectivity index (χ1v) is 5.27. The molecule has 0 amide bonds. The highest BCUT2D eigenvalue weighted by molar-refractivity contribution is 5.92. The molecule has 0 bridgehead atoms. The van der Waals surface area contributed by atoms with Crippen LogP contribution in [0.1, 0.15) is 30.2 Å². The molecule has 0 atom stereocenters. The van der Waals surface area contributed by atoms with Gasteiger partial charge >= 0.3 is 5.97 Å². The number of nitrogens with zero attached hydrogens (tertiary/aromatic N) is 2. The highest BCUT2D eigenvalue weighted by atomic mass is 16.5. The number of ether oxygens (including phenoxy) is 2. The molecule has 6 nitrogen and oxygen atoms in total. The van der Waals surface area contributed by atoms with Crippen LogP contribution in [0, 0.1) is 6.92 Å². The van der Waals surface area contributed by atoms with Crippen molar-refractivity contribution in [2.24, 2.45) is 0 Å².